The summed E-state index contributed by atoms with van der Waals surface area (Å²) in [5.41, 5.74) is 6.28. The van der Waals surface area contributed by atoms with Crippen molar-refractivity contribution >= 4 is 33.4 Å². The number of nitrogens with one attached hydrogen (secondary N) is 1. The van der Waals surface area contributed by atoms with E-state index in [0.717, 1.165) is 0 Å². The first-order valence-electron chi connectivity index (χ1n) is 6.51. The Hall–Kier alpha value is -1.99. The van der Waals surface area contributed by atoms with Gasteiger partial charge >= 0.3 is 0 Å². The average molecular weight is 336 g/mol. The fourth-order valence-corrected chi connectivity index (χ4v) is 3.85. The molecular weight excluding hydrogens is 320 g/mol. The van der Waals surface area contributed by atoms with Gasteiger partial charge in [-0.15, -0.1) is 11.8 Å². The molecule has 116 valence electrons. The van der Waals surface area contributed by atoms with E-state index in [2.05, 4.69) is 4.72 Å². The van der Waals surface area contributed by atoms with Crippen molar-refractivity contribution in [2.24, 2.45) is 5.73 Å². The van der Waals surface area contributed by atoms with Crippen molar-refractivity contribution in [1.82, 2.24) is 0 Å². The van der Waals surface area contributed by atoms with Gasteiger partial charge in [-0.25, -0.2) is 8.42 Å². The Labute approximate surface area is 134 Å². The van der Waals surface area contributed by atoms with Crippen LogP contribution in [0.1, 0.15) is 5.56 Å². The number of thioether (sulfide) groups is 1. The maximum Gasteiger partial charge on any atom is 0.236 e. The fourth-order valence-electron chi connectivity index (χ4n) is 1.82. The zero-order valence-electron chi connectivity index (χ0n) is 11.7. The van der Waals surface area contributed by atoms with Gasteiger partial charge in [0.05, 0.1) is 17.2 Å². The van der Waals surface area contributed by atoms with E-state index in [0.29, 0.717) is 16.1 Å². The highest BCUT2D eigenvalue weighted by Gasteiger charge is 2.14. The molecule has 2 rings (SSSR count). The van der Waals surface area contributed by atoms with Crippen molar-refractivity contribution in [3.8, 4) is 0 Å². The van der Waals surface area contributed by atoms with Gasteiger partial charge in [-0.1, -0.05) is 42.5 Å². The summed E-state index contributed by atoms with van der Waals surface area (Å²) < 4.78 is 27.1. The molecule has 2 aromatic carbocycles. The molecule has 0 saturated heterocycles. The number of carbonyl (C=O) groups excluding carboxylic acids is 1. The molecule has 1 amide bonds. The summed E-state index contributed by atoms with van der Waals surface area (Å²) >= 11 is 1.20. The van der Waals surface area contributed by atoms with Gasteiger partial charge in [-0.05, 0) is 17.7 Å². The van der Waals surface area contributed by atoms with E-state index >= 15 is 0 Å². The molecular formula is C15H16N2O3S2. The Kier molecular flexibility index (Phi) is 5.46. The number of benzene rings is 2. The maximum atomic E-state index is 12.2. The average Bonchev–Trinajstić information content (AvgIpc) is 2.46. The lowest BCUT2D eigenvalue weighted by atomic mass is 10.2. The normalized spacial score (nSPS) is 11.1. The van der Waals surface area contributed by atoms with Crippen LogP contribution in [0.3, 0.4) is 0 Å². The molecule has 5 nitrogen and oxygen atoms in total. The second-order valence-electron chi connectivity index (χ2n) is 4.60. The highest BCUT2D eigenvalue weighted by molar-refractivity contribution is 8.00. The van der Waals surface area contributed by atoms with E-state index in [1.807, 2.05) is 6.07 Å². The van der Waals surface area contributed by atoms with Crippen molar-refractivity contribution in [3.63, 3.8) is 0 Å². The summed E-state index contributed by atoms with van der Waals surface area (Å²) in [6.07, 6.45) is 0. The number of para-hydroxylation sites is 1. The van der Waals surface area contributed by atoms with Crippen LogP contribution in [-0.2, 0) is 20.6 Å². The minimum Gasteiger partial charge on any atom is -0.369 e. The predicted octanol–water partition coefficient (Wildman–Crippen LogP) is 2.21. The molecule has 0 aliphatic carbocycles. The summed E-state index contributed by atoms with van der Waals surface area (Å²) in [5.74, 6) is -0.466. The van der Waals surface area contributed by atoms with Crippen LogP contribution in [0.5, 0.6) is 0 Å². The smallest absolute Gasteiger partial charge is 0.236 e. The molecule has 0 atom stereocenters. The lowest BCUT2D eigenvalue weighted by Crippen LogP contribution is -2.16. The third kappa shape index (κ3) is 5.09. The fraction of sp³-hybridized carbons (Fsp3) is 0.133. The number of amides is 1. The number of hydrogen-bond acceptors (Lipinski definition) is 4. The van der Waals surface area contributed by atoms with E-state index in [-0.39, 0.29) is 11.5 Å². The standard InChI is InChI=1S/C15H16N2O3S2/c16-15(18)10-21-14-9-5-4-8-13(14)17-22(19,20)11-12-6-2-1-3-7-12/h1-9,17H,10-11H2,(H2,16,18). The third-order valence-electron chi connectivity index (χ3n) is 2.72. The van der Waals surface area contributed by atoms with Gasteiger partial charge in [0.15, 0.2) is 0 Å². The molecule has 0 unspecified atom stereocenters. The molecule has 0 spiro atoms. The number of anilines is 1. The molecule has 0 heterocycles. The molecule has 7 heteroatoms. The minimum absolute atomic E-state index is 0.0947. The van der Waals surface area contributed by atoms with Crippen LogP contribution in [0.25, 0.3) is 0 Å². The minimum atomic E-state index is -3.53. The van der Waals surface area contributed by atoms with E-state index in [1.165, 1.54) is 11.8 Å². The summed E-state index contributed by atoms with van der Waals surface area (Å²) in [7, 11) is -3.53. The van der Waals surface area contributed by atoms with Crippen molar-refractivity contribution in [3.05, 3.63) is 60.2 Å². The first kappa shape index (κ1) is 16.4. The lowest BCUT2D eigenvalue weighted by molar-refractivity contribution is -0.115. The van der Waals surface area contributed by atoms with Gasteiger partial charge in [0.1, 0.15) is 0 Å². The summed E-state index contributed by atoms with van der Waals surface area (Å²) in [6, 6.07) is 15.8. The van der Waals surface area contributed by atoms with Gasteiger partial charge in [0.2, 0.25) is 15.9 Å². The molecule has 2 aromatic rings. The van der Waals surface area contributed by atoms with Crippen molar-refractivity contribution in [2.45, 2.75) is 10.6 Å². The Balaban J connectivity index is 2.14. The highest BCUT2D eigenvalue weighted by Crippen LogP contribution is 2.27. The highest BCUT2D eigenvalue weighted by atomic mass is 32.2. The van der Waals surface area contributed by atoms with Crippen LogP contribution in [-0.4, -0.2) is 20.1 Å². The lowest BCUT2D eigenvalue weighted by Gasteiger charge is -2.12. The second-order valence-corrected chi connectivity index (χ2v) is 7.34. The van der Waals surface area contributed by atoms with E-state index in [4.69, 9.17) is 5.73 Å². The number of nitrogens with two attached hydrogens (primary N) is 1. The van der Waals surface area contributed by atoms with Gasteiger partial charge in [-0.2, -0.15) is 0 Å². The number of primary amides is 1. The number of rotatable bonds is 7. The maximum absolute atomic E-state index is 12.2. The van der Waals surface area contributed by atoms with Crippen LogP contribution < -0.4 is 10.5 Å². The Morgan fingerprint density at radius 1 is 1.05 bits per heavy atom. The van der Waals surface area contributed by atoms with Crippen LogP contribution in [0.2, 0.25) is 0 Å². The number of sulfonamides is 1. The van der Waals surface area contributed by atoms with E-state index < -0.39 is 15.9 Å². The summed E-state index contributed by atoms with van der Waals surface area (Å²) in [4.78, 5) is 11.5. The largest absolute Gasteiger partial charge is 0.369 e. The Bertz CT molecular complexity index is 746. The molecule has 22 heavy (non-hydrogen) atoms. The van der Waals surface area contributed by atoms with Gasteiger partial charge in [-0.3, -0.25) is 9.52 Å². The van der Waals surface area contributed by atoms with E-state index in [1.54, 1.807) is 48.5 Å². The van der Waals surface area contributed by atoms with Crippen LogP contribution in [0.4, 0.5) is 5.69 Å². The summed E-state index contributed by atoms with van der Waals surface area (Å²) in [5, 5.41) is 0. The van der Waals surface area contributed by atoms with Crippen molar-refractivity contribution in [1.29, 1.82) is 0 Å². The molecule has 0 bridgehead atoms. The predicted molar refractivity (Wildman–Crippen MR) is 89.0 cm³/mol. The Morgan fingerprint density at radius 2 is 1.68 bits per heavy atom. The zero-order chi connectivity index (χ0) is 16.0. The molecule has 0 aliphatic heterocycles. The first-order chi connectivity index (χ1) is 10.5. The van der Waals surface area contributed by atoms with Gasteiger partial charge in [0, 0.05) is 4.90 Å². The molecule has 0 fully saturated rings. The van der Waals surface area contributed by atoms with Gasteiger partial charge < -0.3 is 5.73 Å². The van der Waals surface area contributed by atoms with Crippen molar-refractivity contribution in [2.75, 3.05) is 10.5 Å². The van der Waals surface area contributed by atoms with E-state index in [9.17, 15) is 13.2 Å². The monoisotopic (exact) mass is 336 g/mol. The topological polar surface area (TPSA) is 89.3 Å². The molecule has 0 saturated carbocycles. The molecule has 0 aliphatic rings. The molecule has 0 radical (unpaired) electrons. The third-order valence-corrected chi connectivity index (χ3v) is 5.06. The quantitative estimate of drug-likeness (QED) is 0.759. The summed E-state index contributed by atoms with van der Waals surface area (Å²) in [6.45, 7) is 0. The van der Waals surface area contributed by atoms with Crippen LogP contribution in [0.15, 0.2) is 59.5 Å². The van der Waals surface area contributed by atoms with Gasteiger partial charge in [0.25, 0.3) is 0 Å². The number of hydrogen-bond donors (Lipinski definition) is 2. The van der Waals surface area contributed by atoms with Crippen molar-refractivity contribution < 1.29 is 13.2 Å². The Morgan fingerprint density at radius 3 is 2.36 bits per heavy atom. The number of carbonyl (C=O) groups is 1. The van der Waals surface area contributed by atoms with Crippen LogP contribution in [0, 0.1) is 0 Å². The molecule has 3 N–H and O–H groups in total. The zero-order valence-corrected chi connectivity index (χ0v) is 13.4. The SMILES string of the molecule is NC(=O)CSc1ccccc1NS(=O)(=O)Cc1ccccc1. The molecule has 0 aromatic heterocycles. The second kappa shape index (κ2) is 7.33. The van der Waals surface area contributed by atoms with Crippen LogP contribution >= 0.6 is 11.8 Å². The first-order valence-corrected chi connectivity index (χ1v) is 9.14.